The third-order valence-electron chi connectivity index (χ3n) is 4.10. The standard InChI is InChI=1S/C16H28N4/c1-5-7-17-16-9-14(6-8-18-16)11-20-10-13(2)15(12-20)19(3)4/h6,8-9,13,15H,5,7,10-12H2,1-4H3,(H,17,18). The highest BCUT2D eigenvalue weighted by atomic mass is 15.2. The lowest BCUT2D eigenvalue weighted by Crippen LogP contribution is -2.34. The van der Waals surface area contributed by atoms with Crippen LogP contribution in [-0.2, 0) is 6.54 Å². The Kier molecular flexibility index (Phi) is 5.38. The molecule has 4 nitrogen and oxygen atoms in total. The minimum atomic E-state index is 0.675. The highest BCUT2D eigenvalue weighted by molar-refractivity contribution is 5.37. The Hall–Kier alpha value is -1.13. The lowest BCUT2D eigenvalue weighted by atomic mass is 10.1. The Labute approximate surface area is 123 Å². The molecular weight excluding hydrogens is 248 g/mol. The fraction of sp³-hybridized carbons (Fsp3) is 0.688. The zero-order chi connectivity index (χ0) is 14.5. The third-order valence-corrected chi connectivity index (χ3v) is 4.10. The minimum absolute atomic E-state index is 0.675. The van der Waals surface area contributed by atoms with E-state index in [2.05, 4.69) is 60.2 Å². The van der Waals surface area contributed by atoms with E-state index in [4.69, 9.17) is 0 Å². The summed E-state index contributed by atoms with van der Waals surface area (Å²) in [5.41, 5.74) is 1.35. The topological polar surface area (TPSA) is 31.4 Å². The second-order valence-electron chi connectivity index (χ2n) is 6.18. The van der Waals surface area contributed by atoms with Gasteiger partial charge in [0.25, 0.3) is 0 Å². The van der Waals surface area contributed by atoms with Crippen molar-refractivity contribution < 1.29 is 0 Å². The molecule has 1 aliphatic rings. The van der Waals surface area contributed by atoms with Crippen LogP contribution in [0.15, 0.2) is 18.3 Å². The molecule has 0 bridgehead atoms. The second kappa shape index (κ2) is 7.04. The maximum Gasteiger partial charge on any atom is 0.126 e. The van der Waals surface area contributed by atoms with E-state index in [9.17, 15) is 0 Å². The molecule has 0 radical (unpaired) electrons. The molecule has 0 aliphatic carbocycles. The number of likely N-dealkylation sites (N-methyl/N-ethyl adjacent to an activating group) is 1. The van der Waals surface area contributed by atoms with Crippen molar-refractivity contribution in [1.29, 1.82) is 0 Å². The summed E-state index contributed by atoms with van der Waals surface area (Å²) in [6.45, 7) is 8.88. The van der Waals surface area contributed by atoms with Crippen molar-refractivity contribution in [2.24, 2.45) is 5.92 Å². The summed E-state index contributed by atoms with van der Waals surface area (Å²) < 4.78 is 0. The monoisotopic (exact) mass is 276 g/mol. The molecule has 0 spiro atoms. The number of hydrogen-bond acceptors (Lipinski definition) is 4. The predicted molar refractivity (Wildman–Crippen MR) is 84.9 cm³/mol. The molecule has 1 N–H and O–H groups in total. The lowest BCUT2D eigenvalue weighted by molar-refractivity contribution is 0.250. The van der Waals surface area contributed by atoms with Crippen LogP contribution in [-0.4, -0.2) is 54.6 Å². The molecule has 2 atom stereocenters. The number of likely N-dealkylation sites (tertiary alicyclic amines) is 1. The van der Waals surface area contributed by atoms with E-state index >= 15 is 0 Å². The number of nitrogens with one attached hydrogen (secondary N) is 1. The number of hydrogen-bond donors (Lipinski definition) is 1. The molecule has 1 aromatic heterocycles. The first kappa shape index (κ1) is 15.3. The van der Waals surface area contributed by atoms with Crippen LogP contribution in [0.5, 0.6) is 0 Å². The molecule has 2 rings (SSSR count). The Morgan fingerprint density at radius 3 is 2.85 bits per heavy atom. The Balaban J connectivity index is 1.93. The van der Waals surface area contributed by atoms with Gasteiger partial charge in [-0.1, -0.05) is 13.8 Å². The maximum absolute atomic E-state index is 4.37. The first-order chi connectivity index (χ1) is 9.60. The van der Waals surface area contributed by atoms with Crippen LogP contribution in [0.25, 0.3) is 0 Å². The number of rotatable bonds is 6. The molecule has 1 saturated heterocycles. The van der Waals surface area contributed by atoms with Gasteiger partial charge in [-0.25, -0.2) is 4.98 Å². The van der Waals surface area contributed by atoms with Crippen molar-refractivity contribution in [3.8, 4) is 0 Å². The van der Waals surface area contributed by atoms with Crippen LogP contribution in [0, 0.1) is 5.92 Å². The van der Waals surface area contributed by atoms with E-state index in [1.165, 1.54) is 12.1 Å². The summed E-state index contributed by atoms with van der Waals surface area (Å²) in [6, 6.07) is 4.99. The van der Waals surface area contributed by atoms with Gasteiger partial charge in [-0.05, 0) is 44.1 Å². The van der Waals surface area contributed by atoms with Gasteiger partial charge in [-0.3, -0.25) is 4.90 Å². The van der Waals surface area contributed by atoms with Gasteiger partial charge in [0.05, 0.1) is 0 Å². The van der Waals surface area contributed by atoms with Gasteiger partial charge in [0.1, 0.15) is 5.82 Å². The average molecular weight is 276 g/mol. The number of pyridine rings is 1. The van der Waals surface area contributed by atoms with E-state index in [0.717, 1.165) is 37.8 Å². The van der Waals surface area contributed by atoms with Crippen LogP contribution in [0.4, 0.5) is 5.82 Å². The zero-order valence-electron chi connectivity index (χ0n) is 13.3. The number of aromatic nitrogens is 1. The molecule has 0 aromatic carbocycles. The van der Waals surface area contributed by atoms with Crippen LogP contribution < -0.4 is 5.32 Å². The summed E-state index contributed by atoms with van der Waals surface area (Å²) in [7, 11) is 4.37. The highest BCUT2D eigenvalue weighted by Crippen LogP contribution is 2.22. The minimum Gasteiger partial charge on any atom is -0.370 e. The Morgan fingerprint density at radius 2 is 2.20 bits per heavy atom. The van der Waals surface area contributed by atoms with E-state index in [1.54, 1.807) is 0 Å². The van der Waals surface area contributed by atoms with Crippen molar-refractivity contribution in [2.75, 3.05) is 39.0 Å². The van der Waals surface area contributed by atoms with Crippen LogP contribution in [0.1, 0.15) is 25.8 Å². The predicted octanol–water partition coefficient (Wildman–Crippen LogP) is 2.29. The summed E-state index contributed by atoms with van der Waals surface area (Å²) in [5, 5.41) is 3.36. The molecule has 112 valence electrons. The van der Waals surface area contributed by atoms with Gasteiger partial charge in [0.15, 0.2) is 0 Å². The second-order valence-corrected chi connectivity index (χ2v) is 6.18. The third kappa shape index (κ3) is 3.93. The van der Waals surface area contributed by atoms with Gasteiger partial charge in [-0.2, -0.15) is 0 Å². The smallest absolute Gasteiger partial charge is 0.126 e. The number of nitrogens with zero attached hydrogens (tertiary/aromatic N) is 3. The maximum atomic E-state index is 4.37. The van der Waals surface area contributed by atoms with Crippen molar-refractivity contribution in [2.45, 2.75) is 32.9 Å². The van der Waals surface area contributed by atoms with Crippen molar-refractivity contribution >= 4 is 5.82 Å². The molecule has 1 aliphatic heterocycles. The quantitative estimate of drug-likeness (QED) is 0.864. The van der Waals surface area contributed by atoms with E-state index < -0.39 is 0 Å². The zero-order valence-corrected chi connectivity index (χ0v) is 13.3. The van der Waals surface area contributed by atoms with Crippen molar-refractivity contribution in [3.05, 3.63) is 23.9 Å². The SMILES string of the molecule is CCCNc1cc(CN2CC(C)C(N(C)C)C2)ccn1. The Bertz CT molecular complexity index is 419. The first-order valence-electron chi connectivity index (χ1n) is 7.67. The molecule has 1 fully saturated rings. The summed E-state index contributed by atoms with van der Waals surface area (Å²) in [4.78, 5) is 9.27. The fourth-order valence-corrected chi connectivity index (χ4v) is 3.03. The van der Waals surface area contributed by atoms with Gasteiger partial charge in [-0.15, -0.1) is 0 Å². The van der Waals surface area contributed by atoms with E-state index in [-0.39, 0.29) is 0 Å². The first-order valence-corrected chi connectivity index (χ1v) is 7.67. The van der Waals surface area contributed by atoms with Crippen LogP contribution in [0.2, 0.25) is 0 Å². The number of anilines is 1. The molecule has 20 heavy (non-hydrogen) atoms. The normalized spacial score (nSPS) is 23.4. The van der Waals surface area contributed by atoms with Gasteiger partial charge >= 0.3 is 0 Å². The summed E-state index contributed by atoms with van der Waals surface area (Å²) >= 11 is 0. The van der Waals surface area contributed by atoms with E-state index in [0.29, 0.717) is 6.04 Å². The van der Waals surface area contributed by atoms with Crippen LogP contribution >= 0.6 is 0 Å². The van der Waals surface area contributed by atoms with Crippen LogP contribution in [0.3, 0.4) is 0 Å². The van der Waals surface area contributed by atoms with Crippen molar-refractivity contribution in [1.82, 2.24) is 14.8 Å². The van der Waals surface area contributed by atoms with E-state index in [1.807, 2.05) is 6.20 Å². The molecule has 0 saturated carbocycles. The average Bonchev–Trinajstić information content (AvgIpc) is 2.78. The van der Waals surface area contributed by atoms with Crippen molar-refractivity contribution in [3.63, 3.8) is 0 Å². The Morgan fingerprint density at radius 1 is 1.40 bits per heavy atom. The largest absolute Gasteiger partial charge is 0.370 e. The van der Waals surface area contributed by atoms with Gasteiger partial charge in [0, 0.05) is 38.4 Å². The molecule has 2 heterocycles. The fourth-order valence-electron chi connectivity index (χ4n) is 3.03. The summed E-state index contributed by atoms with van der Waals surface area (Å²) in [5.74, 6) is 1.74. The highest BCUT2D eigenvalue weighted by Gasteiger charge is 2.30. The van der Waals surface area contributed by atoms with Gasteiger partial charge < -0.3 is 10.2 Å². The molecule has 0 amide bonds. The summed E-state index contributed by atoms with van der Waals surface area (Å²) in [6.07, 6.45) is 3.04. The van der Waals surface area contributed by atoms with Gasteiger partial charge in [0.2, 0.25) is 0 Å². The molecular formula is C16H28N4. The molecule has 2 unspecified atom stereocenters. The molecule has 1 aromatic rings. The molecule has 4 heteroatoms. The lowest BCUT2D eigenvalue weighted by Gasteiger charge is -2.22.